The third-order valence-corrected chi connectivity index (χ3v) is 3.52. The van der Waals surface area contributed by atoms with Crippen molar-refractivity contribution in [2.24, 2.45) is 5.92 Å². The molecule has 0 unspecified atom stereocenters. The highest BCUT2D eigenvalue weighted by molar-refractivity contribution is 6.33. The lowest BCUT2D eigenvalue weighted by Crippen LogP contribution is -2.21. The Kier molecular flexibility index (Phi) is 3.89. The van der Waals surface area contributed by atoms with E-state index in [-0.39, 0.29) is 5.97 Å². The van der Waals surface area contributed by atoms with Gasteiger partial charge in [0.15, 0.2) is 0 Å². The number of halogens is 1. The van der Waals surface area contributed by atoms with E-state index in [1.807, 2.05) is 0 Å². The zero-order valence-corrected chi connectivity index (χ0v) is 10.6. The molecular formula is C13H16ClNO2. The van der Waals surface area contributed by atoms with E-state index < -0.39 is 0 Å². The van der Waals surface area contributed by atoms with E-state index in [4.69, 9.17) is 11.6 Å². The molecule has 0 saturated heterocycles. The molecule has 1 fully saturated rings. The third kappa shape index (κ3) is 2.91. The zero-order chi connectivity index (χ0) is 12.3. The van der Waals surface area contributed by atoms with Crippen molar-refractivity contribution >= 4 is 23.3 Å². The maximum atomic E-state index is 11.4. The Morgan fingerprint density at radius 3 is 2.88 bits per heavy atom. The number of methoxy groups -OCH3 is 1. The van der Waals surface area contributed by atoms with Crippen LogP contribution in [0.1, 0.15) is 29.6 Å². The SMILES string of the molecule is COC(=O)c1ccc(Cl)c(NCC2CCC2)c1. The largest absolute Gasteiger partial charge is 0.465 e. The van der Waals surface area contributed by atoms with Crippen molar-refractivity contribution in [3.05, 3.63) is 28.8 Å². The van der Waals surface area contributed by atoms with Gasteiger partial charge in [0.1, 0.15) is 0 Å². The lowest BCUT2D eigenvalue weighted by molar-refractivity contribution is 0.0601. The molecule has 0 spiro atoms. The second-order valence-corrected chi connectivity index (χ2v) is 4.77. The van der Waals surface area contributed by atoms with E-state index in [0.29, 0.717) is 10.6 Å². The molecule has 3 nitrogen and oxygen atoms in total. The lowest BCUT2D eigenvalue weighted by Gasteiger charge is -2.26. The second kappa shape index (κ2) is 5.41. The summed E-state index contributed by atoms with van der Waals surface area (Å²) in [4.78, 5) is 11.4. The predicted molar refractivity (Wildman–Crippen MR) is 68.6 cm³/mol. The van der Waals surface area contributed by atoms with Crippen molar-refractivity contribution < 1.29 is 9.53 Å². The minimum Gasteiger partial charge on any atom is -0.465 e. The van der Waals surface area contributed by atoms with Gasteiger partial charge in [-0.15, -0.1) is 0 Å². The monoisotopic (exact) mass is 253 g/mol. The molecule has 1 aliphatic carbocycles. The molecule has 4 heteroatoms. The van der Waals surface area contributed by atoms with E-state index in [1.54, 1.807) is 18.2 Å². The highest BCUT2D eigenvalue weighted by atomic mass is 35.5. The normalized spacial score (nSPS) is 15.2. The van der Waals surface area contributed by atoms with Crippen LogP contribution in [0.15, 0.2) is 18.2 Å². The fraction of sp³-hybridized carbons (Fsp3) is 0.462. The molecular weight excluding hydrogens is 238 g/mol. The molecule has 0 heterocycles. The van der Waals surface area contributed by atoms with Gasteiger partial charge >= 0.3 is 5.97 Å². The maximum absolute atomic E-state index is 11.4. The summed E-state index contributed by atoms with van der Waals surface area (Å²) in [7, 11) is 1.37. The topological polar surface area (TPSA) is 38.3 Å². The Bertz CT molecular complexity index is 416. The average Bonchev–Trinajstić information content (AvgIpc) is 2.28. The standard InChI is InChI=1S/C13H16ClNO2/c1-17-13(16)10-5-6-11(14)12(7-10)15-8-9-3-2-4-9/h5-7,9,15H,2-4,8H2,1H3. The highest BCUT2D eigenvalue weighted by Gasteiger charge is 2.17. The average molecular weight is 254 g/mol. The van der Waals surface area contributed by atoms with Crippen LogP contribution >= 0.6 is 11.6 Å². The van der Waals surface area contributed by atoms with Crippen LogP contribution in [-0.4, -0.2) is 19.6 Å². The lowest BCUT2D eigenvalue weighted by atomic mass is 9.85. The Balaban J connectivity index is 2.05. The van der Waals surface area contributed by atoms with Crippen LogP contribution in [0.3, 0.4) is 0 Å². The van der Waals surface area contributed by atoms with E-state index in [1.165, 1.54) is 26.4 Å². The van der Waals surface area contributed by atoms with Gasteiger partial charge in [-0.25, -0.2) is 4.79 Å². The van der Waals surface area contributed by atoms with Gasteiger partial charge in [0.25, 0.3) is 0 Å². The number of carbonyl (C=O) groups is 1. The Hall–Kier alpha value is -1.22. The van der Waals surface area contributed by atoms with Crippen molar-refractivity contribution in [1.82, 2.24) is 0 Å². The Morgan fingerprint density at radius 2 is 2.29 bits per heavy atom. The van der Waals surface area contributed by atoms with E-state index in [0.717, 1.165) is 18.2 Å². The smallest absolute Gasteiger partial charge is 0.337 e. The number of esters is 1. The van der Waals surface area contributed by atoms with Crippen LogP contribution in [0.2, 0.25) is 5.02 Å². The van der Waals surface area contributed by atoms with Crippen LogP contribution in [0.5, 0.6) is 0 Å². The van der Waals surface area contributed by atoms with Gasteiger partial charge in [-0.1, -0.05) is 18.0 Å². The number of nitrogens with one attached hydrogen (secondary N) is 1. The highest BCUT2D eigenvalue weighted by Crippen LogP contribution is 2.28. The number of rotatable bonds is 4. The fourth-order valence-electron chi connectivity index (χ4n) is 1.86. The molecule has 0 amide bonds. The molecule has 1 N–H and O–H groups in total. The Labute approximate surface area is 106 Å². The fourth-order valence-corrected chi connectivity index (χ4v) is 2.04. The number of carbonyl (C=O) groups excluding carboxylic acids is 1. The summed E-state index contributed by atoms with van der Waals surface area (Å²) < 4.78 is 4.68. The van der Waals surface area contributed by atoms with Crippen LogP contribution in [-0.2, 0) is 4.74 Å². The maximum Gasteiger partial charge on any atom is 0.337 e. The summed E-state index contributed by atoms with van der Waals surface area (Å²) >= 11 is 6.07. The molecule has 1 aliphatic rings. The van der Waals surface area contributed by atoms with Crippen LogP contribution in [0, 0.1) is 5.92 Å². The zero-order valence-electron chi connectivity index (χ0n) is 9.83. The van der Waals surface area contributed by atoms with Gasteiger partial charge in [-0.05, 0) is 37.0 Å². The predicted octanol–water partition coefficient (Wildman–Crippen LogP) is 3.34. The summed E-state index contributed by atoms with van der Waals surface area (Å²) in [5, 5.41) is 3.93. The number of hydrogen-bond donors (Lipinski definition) is 1. The third-order valence-electron chi connectivity index (χ3n) is 3.19. The molecule has 0 aliphatic heterocycles. The van der Waals surface area contributed by atoms with Crippen molar-refractivity contribution in [3.63, 3.8) is 0 Å². The Morgan fingerprint density at radius 1 is 1.53 bits per heavy atom. The molecule has 1 saturated carbocycles. The molecule has 2 rings (SSSR count). The number of benzene rings is 1. The molecule has 0 radical (unpaired) electrons. The second-order valence-electron chi connectivity index (χ2n) is 4.36. The summed E-state index contributed by atoms with van der Waals surface area (Å²) in [5.41, 5.74) is 1.33. The van der Waals surface area contributed by atoms with E-state index >= 15 is 0 Å². The van der Waals surface area contributed by atoms with Crippen molar-refractivity contribution in [2.75, 3.05) is 19.0 Å². The molecule has 0 bridgehead atoms. The minimum atomic E-state index is -0.339. The van der Waals surface area contributed by atoms with E-state index in [9.17, 15) is 4.79 Å². The van der Waals surface area contributed by atoms with Gasteiger partial charge in [-0.2, -0.15) is 0 Å². The van der Waals surface area contributed by atoms with Gasteiger partial charge in [0.05, 0.1) is 23.4 Å². The van der Waals surface area contributed by atoms with Crippen molar-refractivity contribution in [3.8, 4) is 0 Å². The number of hydrogen-bond acceptors (Lipinski definition) is 3. The first-order valence-electron chi connectivity index (χ1n) is 5.82. The molecule has 1 aromatic rings. The summed E-state index contributed by atoms with van der Waals surface area (Å²) in [5.74, 6) is 0.404. The quantitative estimate of drug-likeness (QED) is 0.837. The number of anilines is 1. The molecule has 92 valence electrons. The van der Waals surface area contributed by atoms with Gasteiger partial charge in [0.2, 0.25) is 0 Å². The molecule has 1 aromatic carbocycles. The minimum absolute atomic E-state index is 0.339. The van der Waals surface area contributed by atoms with E-state index in [2.05, 4.69) is 10.1 Å². The van der Waals surface area contributed by atoms with Crippen LogP contribution in [0.4, 0.5) is 5.69 Å². The van der Waals surface area contributed by atoms with Crippen LogP contribution < -0.4 is 5.32 Å². The van der Waals surface area contributed by atoms with Gasteiger partial charge < -0.3 is 10.1 Å². The summed E-state index contributed by atoms with van der Waals surface area (Å²) in [6.07, 6.45) is 3.88. The van der Waals surface area contributed by atoms with Gasteiger partial charge in [-0.3, -0.25) is 0 Å². The molecule has 0 atom stereocenters. The first kappa shape index (κ1) is 12.2. The summed E-state index contributed by atoms with van der Waals surface area (Å²) in [6, 6.07) is 5.13. The summed E-state index contributed by atoms with van der Waals surface area (Å²) in [6.45, 7) is 0.921. The van der Waals surface area contributed by atoms with Gasteiger partial charge in [0, 0.05) is 6.54 Å². The van der Waals surface area contributed by atoms with Crippen LogP contribution in [0.25, 0.3) is 0 Å². The first-order valence-corrected chi connectivity index (χ1v) is 6.20. The molecule has 17 heavy (non-hydrogen) atoms. The number of ether oxygens (including phenoxy) is 1. The van der Waals surface area contributed by atoms with Crippen molar-refractivity contribution in [1.29, 1.82) is 0 Å². The molecule has 0 aromatic heterocycles. The van der Waals surface area contributed by atoms with Crippen molar-refractivity contribution in [2.45, 2.75) is 19.3 Å². The first-order chi connectivity index (χ1) is 8.20.